The SMILES string of the molecule is O=C(NCc1ccccc1)C1COC2(CCN(C(=O)C3CCC3)CC2)N1C(=O)c1ccccc1. The van der Waals surface area contributed by atoms with Crippen molar-refractivity contribution in [1.29, 1.82) is 0 Å². The first-order valence-corrected chi connectivity index (χ1v) is 12.2. The Morgan fingerprint density at radius 3 is 2.21 bits per heavy atom. The predicted molar refractivity (Wildman–Crippen MR) is 127 cm³/mol. The lowest BCUT2D eigenvalue weighted by molar-refractivity contribution is -0.149. The van der Waals surface area contributed by atoms with E-state index in [1.54, 1.807) is 17.0 Å². The normalized spacial score (nSPS) is 21.8. The third-order valence-corrected chi connectivity index (χ3v) is 7.42. The number of hydrogen-bond acceptors (Lipinski definition) is 4. The first kappa shape index (κ1) is 22.6. The summed E-state index contributed by atoms with van der Waals surface area (Å²) in [6.45, 7) is 1.61. The maximum atomic E-state index is 13.7. The highest BCUT2D eigenvalue weighted by Gasteiger charge is 2.54. The highest BCUT2D eigenvalue weighted by molar-refractivity contribution is 5.98. The van der Waals surface area contributed by atoms with Gasteiger partial charge in [-0.05, 0) is 30.5 Å². The van der Waals surface area contributed by atoms with Crippen molar-refractivity contribution in [3.8, 4) is 0 Å². The van der Waals surface area contributed by atoms with Gasteiger partial charge < -0.3 is 15.0 Å². The van der Waals surface area contributed by atoms with Gasteiger partial charge in [0.2, 0.25) is 11.8 Å². The van der Waals surface area contributed by atoms with Crippen molar-refractivity contribution in [3.05, 3.63) is 71.8 Å². The fourth-order valence-corrected chi connectivity index (χ4v) is 5.18. The molecule has 3 amide bonds. The molecule has 1 atom stereocenters. The number of nitrogens with zero attached hydrogens (tertiary/aromatic N) is 2. The Kier molecular flexibility index (Phi) is 6.37. The lowest BCUT2D eigenvalue weighted by Gasteiger charge is -2.45. The summed E-state index contributed by atoms with van der Waals surface area (Å²) in [5.74, 6) is -0.0657. The van der Waals surface area contributed by atoms with E-state index in [0.29, 0.717) is 38.0 Å². The molecular weight excluding hydrogens is 430 g/mol. The van der Waals surface area contributed by atoms with Crippen molar-refractivity contribution < 1.29 is 19.1 Å². The van der Waals surface area contributed by atoms with Crippen LogP contribution in [0.2, 0.25) is 0 Å². The van der Waals surface area contributed by atoms with Crippen molar-refractivity contribution in [2.24, 2.45) is 5.92 Å². The van der Waals surface area contributed by atoms with Crippen LogP contribution in [0.5, 0.6) is 0 Å². The Balaban J connectivity index is 1.34. The molecule has 0 bridgehead atoms. The number of piperidine rings is 1. The fourth-order valence-electron chi connectivity index (χ4n) is 5.18. The average molecular weight is 462 g/mol. The summed E-state index contributed by atoms with van der Waals surface area (Å²) in [5.41, 5.74) is 0.646. The number of nitrogens with one attached hydrogen (secondary N) is 1. The molecule has 7 nitrogen and oxygen atoms in total. The molecule has 2 heterocycles. The Bertz CT molecular complexity index is 1030. The second kappa shape index (κ2) is 9.58. The number of carbonyl (C=O) groups is 3. The summed E-state index contributed by atoms with van der Waals surface area (Å²) in [5, 5.41) is 2.98. The number of amides is 3. The number of hydrogen-bond donors (Lipinski definition) is 1. The number of carbonyl (C=O) groups excluding carboxylic acids is 3. The van der Waals surface area contributed by atoms with E-state index in [1.165, 1.54) is 0 Å². The summed E-state index contributed by atoms with van der Waals surface area (Å²) in [7, 11) is 0. The van der Waals surface area contributed by atoms with Gasteiger partial charge in [0, 0.05) is 44.0 Å². The van der Waals surface area contributed by atoms with Crippen LogP contribution in [-0.4, -0.2) is 59.0 Å². The first-order valence-electron chi connectivity index (χ1n) is 12.2. The second-order valence-electron chi connectivity index (χ2n) is 9.47. The molecule has 7 heteroatoms. The van der Waals surface area contributed by atoms with Crippen LogP contribution in [0.25, 0.3) is 0 Å². The molecule has 34 heavy (non-hydrogen) atoms. The molecule has 1 aliphatic carbocycles. The molecule has 3 fully saturated rings. The monoisotopic (exact) mass is 461 g/mol. The summed E-state index contributed by atoms with van der Waals surface area (Å²) in [6.07, 6.45) is 4.08. The van der Waals surface area contributed by atoms with Crippen LogP contribution in [0.15, 0.2) is 60.7 Å². The van der Waals surface area contributed by atoms with Crippen molar-refractivity contribution >= 4 is 17.7 Å². The molecule has 5 rings (SSSR count). The molecule has 1 unspecified atom stereocenters. The van der Waals surface area contributed by atoms with Gasteiger partial charge in [0.15, 0.2) is 0 Å². The summed E-state index contributed by atoms with van der Waals surface area (Å²) in [6, 6.07) is 18.0. The van der Waals surface area contributed by atoms with Gasteiger partial charge >= 0.3 is 0 Å². The third kappa shape index (κ3) is 4.32. The molecule has 2 aromatic rings. The molecule has 1 N–H and O–H groups in total. The molecular formula is C27H31N3O4. The third-order valence-electron chi connectivity index (χ3n) is 7.42. The lowest BCUT2D eigenvalue weighted by Crippen LogP contribution is -2.60. The van der Waals surface area contributed by atoms with Gasteiger partial charge in [0.05, 0.1) is 6.61 Å². The fraction of sp³-hybridized carbons (Fsp3) is 0.444. The van der Waals surface area contributed by atoms with Crippen LogP contribution < -0.4 is 5.32 Å². The molecule has 2 aliphatic heterocycles. The van der Waals surface area contributed by atoms with Gasteiger partial charge in [0.1, 0.15) is 11.8 Å². The molecule has 178 valence electrons. The lowest BCUT2D eigenvalue weighted by atomic mass is 9.83. The molecule has 2 aromatic carbocycles. The van der Waals surface area contributed by atoms with E-state index >= 15 is 0 Å². The van der Waals surface area contributed by atoms with Gasteiger partial charge in [-0.1, -0.05) is 55.0 Å². The van der Waals surface area contributed by atoms with Crippen LogP contribution in [0.4, 0.5) is 0 Å². The van der Waals surface area contributed by atoms with Gasteiger partial charge in [-0.25, -0.2) is 0 Å². The molecule has 0 aromatic heterocycles. The zero-order chi connectivity index (χ0) is 23.5. The van der Waals surface area contributed by atoms with Crippen molar-refractivity contribution in [2.75, 3.05) is 19.7 Å². The summed E-state index contributed by atoms with van der Waals surface area (Å²) >= 11 is 0. The maximum Gasteiger partial charge on any atom is 0.256 e. The van der Waals surface area contributed by atoms with Crippen molar-refractivity contribution in [2.45, 2.75) is 50.4 Å². The molecule has 1 saturated carbocycles. The highest BCUT2D eigenvalue weighted by Crippen LogP contribution is 2.39. The van der Waals surface area contributed by atoms with Gasteiger partial charge in [0.25, 0.3) is 5.91 Å². The van der Waals surface area contributed by atoms with E-state index in [2.05, 4.69) is 5.32 Å². The van der Waals surface area contributed by atoms with Gasteiger partial charge in [-0.3, -0.25) is 19.3 Å². The highest BCUT2D eigenvalue weighted by atomic mass is 16.5. The Morgan fingerprint density at radius 1 is 0.941 bits per heavy atom. The maximum absolute atomic E-state index is 13.7. The average Bonchev–Trinajstić information content (AvgIpc) is 3.21. The van der Waals surface area contributed by atoms with Gasteiger partial charge in [-0.2, -0.15) is 0 Å². The van der Waals surface area contributed by atoms with Crippen LogP contribution in [0, 0.1) is 5.92 Å². The van der Waals surface area contributed by atoms with Crippen LogP contribution in [0.1, 0.15) is 48.0 Å². The standard InChI is InChI=1S/C27H31N3O4/c31-24(28-18-20-8-3-1-4-9-20)23-19-34-27(30(23)26(33)22-10-5-2-6-11-22)14-16-29(17-15-27)25(32)21-12-7-13-21/h1-6,8-11,21,23H,7,12-19H2,(H,28,31). The molecule has 0 radical (unpaired) electrons. The van der Waals surface area contributed by atoms with Crippen LogP contribution in [0.3, 0.4) is 0 Å². The molecule has 2 saturated heterocycles. The molecule has 1 spiro atoms. The summed E-state index contributed by atoms with van der Waals surface area (Å²) in [4.78, 5) is 43.2. The molecule has 3 aliphatic rings. The topological polar surface area (TPSA) is 79.0 Å². The number of ether oxygens (including phenoxy) is 1. The van der Waals surface area contributed by atoms with Gasteiger partial charge in [-0.15, -0.1) is 0 Å². The first-order chi connectivity index (χ1) is 16.6. The second-order valence-corrected chi connectivity index (χ2v) is 9.47. The van der Waals surface area contributed by atoms with Crippen molar-refractivity contribution in [3.63, 3.8) is 0 Å². The smallest absolute Gasteiger partial charge is 0.256 e. The Morgan fingerprint density at radius 2 is 1.59 bits per heavy atom. The van der Waals surface area contributed by atoms with E-state index in [-0.39, 0.29) is 30.2 Å². The quantitative estimate of drug-likeness (QED) is 0.743. The zero-order valence-corrected chi connectivity index (χ0v) is 19.3. The largest absolute Gasteiger partial charge is 0.353 e. The number of likely N-dealkylation sites (tertiary alicyclic amines) is 1. The van der Waals surface area contributed by atoms with E-state index < -0.39 is 11.8 Å². The van der Waals surface area contributed by atoms with Crippen LogP contribution in [-0.2, 0) is 20.9 Å². The van der Waals surface area contributed by atoms with E-state index in [0.717, 1.165) is 24.8 Å². The number of rotatable bonds is 5. The van der Waals surface area contributed by atoms with Crippen molar-refractivity contribution in [1.82, 2.24) is 15.1 Å². The minimum absolute atomic E-state index is 0.149. The zero-order valence-electron chi connectivity index (χ0n) is 19.3. The minimum Gasteiger partial charge on any atom is -0.353 e. The number of benzene rings is 2. The van der Waals surface area contributed by atoms with E-state index in [9.17, 15) is 14.4 Å². The minimum atomic E-state index is -0.877. The summed E-state index contributed by atoms with van der Waals surface area (Å²) < 4.78 is 6.26. The predicted octanol–water partition coefficient (Wildman–Crippen LogP) is 2.96. The van der Waals surface area contributed by atoms with E-state index in [1.807, 2.05) is 53.4 Å². The van der Waals surface area contributed by atoms with Crippen LogP contribution >= 0.6 is 0 Å². The van der Waals surface area contributed by atoms with E-state index in [4.69, 9.17) is 4.74 Å². The Labute approximate surface area is 200 Å². The Hall–Kier alpha value is -3.19.